The molecule has 0 fully saturated rings. The second-order valence-corrected chi connectivity index (χ2v) is 9.47. The van der Waals surface area contributed by atoms with E-state index in [-0.39, 0.29) is 18.6 Å². The van der Waals surface area contributed by atoms with Crippen LogP contribution in [0.3, 0.4) is 0 Å². The lowest BCUT2D eigenvalue weighted by molar-refractivity contribution is -0.169. The van der Waals surface area contributed by atoms with Gasteiger partial charge in [0.15, 0.2) is 11.2 Å². The van der Waals surface area contributed by atoms with Crippen molar-refractivity contribution in [3.63, 3.8) is 0 Å². The molecule has 1 aliphatic rings. The molecule has 0 amide bonds. The highest BCUT2D eigenvalue weighted by atomic mass is 16.5. The third-order valence-electron chi connectivity index (χ3n) is 7.05. The molecule has 1 aromatic rings. The zero-order valence-corrected chi connectivity index (χ0v) is 21.7. The fraction of sp³-hybridized carbons (Fsp3) is 0.679. The number of ether oxygens (including phenoxy) is 2. The van der Waals surface area contributed by atoms with Crippen molar-refractivity contribution in [2.45, 2.75) is 104 Å². The second-order valence-electron chi connectivity index (χ2n) is 9.47. The zero-order valence-electron chi connectivity index (χ0n) is 21.7. The van der Waals surface area contributed by atoms with Gasteiger partial charge in [0.25, 0.3) is 0 Å². The average molecular weight is 475 g/mol. The number of Topliss-reactive ketones (excluding diaryl/α,β-unsaturated/α-hetero) is 1. The van der Waals surface area contributed by atoms with Gasteiger partial charge in [-0.2, -0.15) is 0 Å². The molecule has 0 aromatic carbocycles. The fourth-order valence-electron chi connectivity index (χ4n) is 4.92. The van der Waals surface area contributed by atoms with Gasteiger partial charge in [0.05, 0.1) is 20.5 Å². The summed E-state index contributed by atoms with van der Waals surface area (Å²) in [5, 5.41) is 0. The minimum absolute atomic E-state index is 0.0179. The predicted molar refractivity (Wildman–Crippen MR) is 132 cm³/mol. The quantitative estimate of drug-likeness (QED) is 0.177. The lowest BCUT2D eigenvalue weighted by Gasteiger charge is -2.28. The van der Waals surface area contributed by atoms with Gasteiger partial charge >= 0.3 is 11.9 Å². The summed E-state index contributed by atoms with van der Waals surface area (Å²) in [4.78, 5) is 39.6. The Hall–Kier alpha value is -2.37. The van der Waals surface area contributed by atoms with Crippen LogP contribution < -0.4 is 0 Å². The normalized spacial score (nSPS) is 15.0. The van der Waals surface area contributed by atoms with Crippen LogP contribution in [-0.4, -0.2) is 31.9 Å². The van der Waals surface area contributed by atoms with Gasteiger partial charge in [-0.1, -0.05) is 58.8 Å². The van der Waals surface area contributed by atoms with Crippen LogP contribution >= 0.6 is 0 Å². The first-order chi connectivity index (χ1) is 16.4. The first kappa shape index (κ1) is 27.9. The van der Waals surface area contributed by atoms with Crippen molar-refractivity contribution in [1.82, 2.24) is 0 Å². The number of carbonyl (C=O) groups is 3. The van der Waals surface area contributed by atoms with Crippen molar-refractivity contribution in [2.75, 3.05) is 14.2 Å². The van der Waals surface area contributed by atoms with Gasteiger partial charge in [-0.15, -0.1) is 0 Å². The van der Waals surface area contributed by atoms with Crippen LogP contribution in [-0.2, 0) is 36.7 Å². The number of esters is 2. The Labute approximate surface area is 204 Å². The summed E-state index contributed by atoms with van der Waals surface area (Å²) in [7, 11) is 2.54. The van der Waals surface area contributed by atoms with Crippen molar-refractivity contribution < 1.29 is 28.3 Å². The molecular weight excluding hydrogens is 432 g/mol. The topological polar surface area (TPSA) is 82.8 Å². The molecule has 6 heteroatoms. The molecule has 0 aliphatic heterocycles. The van der Waals surface area contributed by atoms with Crippen molar-refractivity contribution in [1.29, 1.82) is 0 Å². The fourth-order valence-corrected chi connectivity index (χ4v) is 4.92. The van der Waals surface area contributed by atoms with Crippen molar-refractivity contribution in [3.8, 4) is 0 Å². The summed E-state index contributed by atoms with van der Waals surface area (Å²) < 4.78 is 16.1. The number of carbonyl (C=O) groups excluding carboxylic acids is 3. The number of ketones is 1. The highest BCUT2D eigenvalue weighted by Crippen LogP contribution is 2.44. The van der Waals surface area contributed by atoms with Gasteiger partial charge in [-0.05, 0) is 25.3 Å². The van der Waals surface area contributed by atoms with Gasteiger partial charge in [0, 0.05) is 42.4 Å². The Morgan fingerprint density at radius 3 is 2.06 bits per heavy atom. The molecule has 34 heavy (non-hydrogen) atoms. The maximum absolute atomic E-state index is 13.4. The molecule has 0 spiro atoms. The summed E-state index contributed by atoms with van der Waals surface area (Å²) >= 11 is 0. The number of unbranched alkanes of at least 4 members (excludes halogenated alkanes) is 7. The molecule has 0 unspecified atom stereocenters. The van der Waals surface area contributed by atoms with Crippen molar-refractivity contribution in [3.05, 3.63) is 28.7 Å². The smallest absolute Gasteiger partial charge is 0.323 e. The van der Waals surface area contributed by atoms with E-state index in [2.05, 4.69) is 13.8 Å². The van der Waals surface area contributed by atoms with Gasteiger partial charge in [-0.25, -0.2) is 0 Å². The van der Waals surface area contributed by atoms with E-state index in [0.717, 1.165) is 86.7 Å². The van der Waals surface area contributed by atoms with Crippen LogP contribution in [0.4, 0.5) is 0 Å². The number of fused-ring (bicyclic) bond motifs is 1. The summed E-state index contributed by atoms with van der Waals surface area (Å²) in [6, 6.07) is 0. The largest absolute Gasteiger partial charge is 0.468 e. The summed E-state index contributed by atoms with van der Waals surface area (Å²) in [6.07, 6.45) is 12.4. The minimum atomic E-state index is -1.61. The molecule has 6 nitrogen and oxygen atoms in total. The van der Waals surface area contributed by atoms with Crippen molar-refractivity contribution >= 4 is 23.3 Å². The van der Waals surface area contributed by atoms with Crippen molar-refractivity contribution in [2.24, 2.45) is 5.41 Å². The number of hydrogen-bond donors (Lipinski definition) is 0. The Balaban J connectivity index is 2.47. The molecule has 190 valence electrons. The van der Waals surface area contributed by atoms with Crippen LogP contribution in [0.2, 0.25) is 0 Å². The average Bonchev–Trinajstić information content (AvgIpc) is 3.18. The number of methoxy groups -OCH3 is 2. The third kappa shape index (κ3) is 6.39. The van der Waals surface area contributed by atoms with E-state index in [1.165, 1.54) is 14.2 Å². The third-order valence-corrected chi connectivity index (χ3v) is 7.05. The van der Waals surface area contributed by atoms with E-state index in [0.29, 0.717) is 12.0 Å². The molecule has 1 aliphatic carbocycles. The van der Waals surface area contributed by atoms with Crippen LogP contribution in [0, 0.1) is 5.41 Å². The van der Waals surface area contributed by atoms with Crippen LogP contribution in [0.15, 0.2) is 16.3 Å². The molecule has 2 rings (SSSR count). The van der Waals surface area contributed by atoms with Gasteiger partial charge in [-0.3, -0.25) is 14.4 Å². The highest BCUT2D eigenvalue weighted by Gasteiger charge is 2.52. The minimum Gasteiger partial charge on any atom is -0.468 e. The van der Waals surface area contributed by atoms with Gasteiger partial charge < -0.3 is 13.9 Å². The molecule has 0 radical (unpaired) electrons. The van der Waals surface area contributed by atoms with Gasteiger partial charge in [0.1, 0.15) is 5.76 Å². The summed E-state index contributed by atoms with van der Waals surface area (Å²) in [6.45, 7) is 6.21. The number of aryl methyl sites for hydroxylation is 1. The highest BCUT2D eigenvalue weighted by molar-refractivity contribution is 6.08. The molecule has 0 N–H and O–H groups in total. The lowest BCUT2D eigenvalue weighted by atomic mass is 9.76. The molecule has 0 bridgehead atoms. The van der Waals surface area contributed by atoms with E-state index in [4.69, 9.17) is 13.9 Å². The van der Waals surface area contributed by atoms with E-state index < -0.39 is 17.4 Å². The molecule has 0 saturated heterocycles. The standard InChI is InChI=1S/C28H42O6/c1-6-8-10-12-13-15-24(29)21-17-28(26(30)32-4,27(31)33-5)18-22-23(20(21)3)19-34-25(22)16-14-11-9-7-2/h19H,6-18H2,1-5H3. The SMILES string of the molecule is CCCCCCCC(=O)C1=C(C)c2coc(CCCCCC)c2CC(C(=O)OC)(C(=O)OC)C1. The van der Waals surface area contributed by atoms with E-state index >= 15 is 0 Å². The van der Waals surface area contributed by atoms with Crippen LogP contribution in [0.1, 0.15) is 108 Å². The maximum atomic E-state index is 13.4. The predicted octanol–water partition coefficient (Wildman–Crippen LogP) is 6.38. The first-order valence-corrected chi connectivity index (χ1v) is 12.9. The van der Waals surface area contributed by atoms with Gasteiger partial charge in [0.2, 0.25) is 0 Å². The Bertz CT molecular complexity index is 859. The monoisotopic (exact) mass is 474 g/mol. The number of rotatable bonds is 14. The number of hydrogen-bond acceptors (Lipinski definition) is 6. The van der Waals surface area contributed by atoms with E-state index in [1.807, 2.05) is 6.92 Å². The Morgan fingerprint density at radius 1 is 0.882 bits per heavy atom. The maximum Gasteiger partial charge on any atom is 0.323 e. The number of furan rings is 1. The van der Waals surface area contributed by atoms with E-state index in [9.17, 15) is 14.4 Å². The molecule has 1 heterocycles. The Morgan fingerprint density at radius 2 is 1.47 bits per heavy atom. The second kappa shape index (κ2) is 13.5. The summed E-state index contributed by atoms with van der Waals surface area (Å²) in [5.74, 6) is -0.599. The van der Waals surface area contributed by atoms with Crippen LogP contribution in [0.5, 0.6) is 0 Å². The summed E-state index contributed by atoms with van der Waals surface area (Å²) in [5.41, 5.74) is 1.31. The Kier molecular flexibility index (Phi) is 11.1. The number of allylic oxidation sites excluding steroid dienone is 2. The van der Waals surface area contributed by atoms with Crippen LogP contribution in [0.25, 0.3) is 5.57 Å². The zero-order chi connectivity index (χ0) is 25.1. The lowest BCUT2D eigenvalue weighted by Crippen LogP contribution is -2.44. The molecule has 1 aromatic heterocycles. The molecule has 0 atom stereocenters. The molecule has 0 saturated carbocycles. The first-order valence-electron chi connectivity index (χ1n) is 12.9. The molecular formula is C28H42O6. The van der Waals surface area contributed by atoms with E-state index in [1.54, 1.807) is 6.26 Å².